The molecule has 1 fully saturated rings. The molecule has 1 aromatic rings. The smallest absolute Gasteiger partial charge is 0.323 e. The second kappa shape index (κ2) is 8.98. The lowest BCUT2D eigenvalue weighted by atomic mass is 9.95. The minimum atomic E-state index is -0.216. The number of hydrogen-bond acceptors (Lipinski definition) is 3. The predicted molar refractivity (Wildman–Crippen MR) is 83.0 cm³/mol. The fourth-order valence-corrected chi connectivity index (χ4v) is 2.54. The number of esters is 1. The quantitative estimate of drug-likeness (QED) is 0.846. The Morgan fingerprint density at radius 1 is 1.25 bits per heavy atom. The summed E-state index contributed by atoms with van der Waals surface area (Å²) < 4.78 is 5.33. The number of carbonyl (C=O) groups is 1. The van der Waals surface area contributed by atoms with Crippen molar-refractivity contribution >= 4 is 18.4 Å². The van der Waals surface area contributed by atoms with E-state index in [1.807, 2.05) is 37.3 Å². The molecule has 1 N–H and O–H groups in total. The van der Waals surface area contributed by atoms with Gasteiger partial charge in [0.05, 0.1) is 0 Å². The van der Waals surface area contributed by atoms with E-state index < -0.39 is 0 Å². The third kappa shape index (κ3) is 5.51. The SMILES string of the molecule is C[C@@H](NC1CCCCC1)C(=O)OCc1ccccc1.Cl. The standard InChI is InChI=1S/C16H23NO2.ClH/c1-13(17-15-10-6-3-7-11-15)16(18)19-12-14-8-4-2-5-9-14;/h2,4-5,8-9,13,15,17H,3,6-7,10-12H2,1H3;1H/t13-;/m1./s1. The summed E-state index contributed by atoms with van der Waals surface area (Å²) in [6, 6.07) is 10.1. The zero-order valence-corrected chi connectivity index (χ0v) is 12.8. The molecular weight excluding hydrogens is 274 g/mol. The van der Waals surface area contributed by atoms with Crippen molar-refractivity contribution in [2.75, 3.05) is 0 Å². The summed E-state index contributed by atoms with van der Waals surface area (Å²) in [6.07, 6.45) is 6.21. The fourth-order valence-electron chi connectivity index (χ4n) is 2.54. The van der Waals surface area contributed by atoms with Crippen LogP contribution >= 0.6 is 12.4 Å². The number of benzene rings is 1. The minimum absolute atomic E-state index is 0. The Morgan fingerprint density at radius 2 is 1.90 bits per heavy atom. The molecule has 1 aromatic carbocycles. The summed E-state index contributed by atoms with van der Waals surface area (Å²) in [5.74, 6) is -0.158. The molecule has 0 bridgehead atoms. The Kier molecular flexibility index (Phi) is 7.63. The van der Waals surface area contributed by atoms with E-state index >= 15 is 0 Å². The van der Waals surface area contributed by atoms with Crippen LogP contribution in [0.1, 0.15) is 44.6 Å². The second-order valence-electron chi connectivity index (χ2n) is 5.32. The maximum atomic E-state index is 11.9. The normalized spacial score (nSPS) is 17.1. The molecule has 1 aliphatic rings. The Balaban J connectivity index is 0.00000200. The number of hydrogen-bond donors (Lipinski definition) is 1. The van der Waals surface area contributed by atoms with Gasteiger partial charge in [0.2, 0.25) is 0 Å². The Bertz CT molecular complexity index is 391. The van der Waals surface area contributed by atoms with Crippen LogP contribution in [-0.4, -0.2) is 18.1 Å². The van der Waals surface area contributed by atoms with Gasteiger partial charge in [-0.3, -0.25) is 4.79 Å². The van der Waals surface area contributed by atoms with Crippen molar-refractivity contribution in [2.24, 2.45) is 0 Å². The molecule has 0 saturated heterocycles. The van der Waals surface area contributed by atoms with E-state index in [-0.39, 0.29) is 24.4 Å². The Labute approximate surface area is 127 Å². The molecule has 3 nitrogen and oxygen atoms in total. The number of halogens is 1. The van der Waals surface area contributed by atoms with Crippen LogP contribution in [0.3, 0.4) is 0 Å². The molecule has 0 spiro atoms. The van der Waals surface area contributed by atoms with Crippen molar-refractivity contribution in [3.63, 3.8) is 0 Å². The van der Waals surface area contributed by atoms with Gasteiger partial charge in [0.15, 0.2) is 0 Å². The Morgan fingerprint density at radius 3 is 2.55 bits per heavy atom. The topological polar surface area (TPSA) is 38.3 Å². The van der Waals surface area contributed by atoms with Crippen molar-refractivity contribution in [2.45, 2.75) is 57.7 Å². The van der Waals surface area contributed by atoms with Crippen LogP contribution in [0.2, 0.25) is 0 Å². The lowest BCUT2D eigenvalue weighted by molar-refractivity contribution is -0.147. The number of carbonyl (C=O) groups excluding carboxylic acids is 1. The lowest BCUT2D eigenvalue weighted by Crippen LogP contribution is -2.43. The average Bonchev–Trinajstić information content (AvgIpc) is 2.47. The third-order valence-electron chi connectivity index (χ3n) is 3.67. The van der Waals surface area contributed by atoms with Crippen LogP contribution in [0.15, 0.2) is 30.3 Å². The van der Waals surface area contributed by atoms with Gasteiger partial charge in [-0.1, -0.05) is 49.6 Å². The summed E-state index contributed by atoms with van der Waals surface area (Å²) in [6.45, 7) is 2.25. The summed E-state index contributed by atoms with van der Waals surface area (Å²) >= 11 is 0. The second-order valence-corrected chi connectivity index (χ2v) is 5.32. The third-order valence-corrected chi connectivity index (χ3v) is 3.67. The zero-order chi connectivity index (χ0) is 13.5. The molecule has 1 atom stereocenters. The van der Waals surface area contributed by atoms with Gasteiger partial charge in [0.1, 0.15) is 12.6 Å². The van der Waals surface area contributed by atoms with Crippen LogP contribution in [0.4, 0.5) is 0 Å². The molecule has 112 valence electrons. The minimum Gasteiger partial charge on any atom is -0.460 e. The molecule has 0 radical (unpaired) electrons. The van der Waals surface area contributed by atoms with E-state index in [0.29, 0.717) is 12.6 Å². The highest BCUT2D eigenvalue weighted by Crippen LogP contribution is 2.18. The highest BCUT2D eigenvalue weighted by molar-refractivity contribution is 5.85. The van der Waals surface area contributed by atoms with Gasteiger partial charge < -0.3 is 10.1 Å². The van der Waals surface area contributed by atoms with E-state index in [0.717, 1.165) is 5.56 Å². The first-order chi connectivity index (χ1) is 9.25. The molecule has 4 heteroatoms. The van der Waals surface area contributed by atoms with Crippen molar-refractivity contribution < 1.29 is 9.53 Å². The van der Waals surface area contributed by atoms with Gasteiger partial charge in [0.25, 0.3) is 0 Å². The maximum absolute atomic E-state index is 11.9. The van der Waals surface area contributed by atoms with Gasteiger partial charge in [0, 0.05) is 6.04 Å². The maximum Gasteiger partial charge on any atom is 0.323 e. The van der Waals surface area contributed by atoms with Crippen molar-refractivity contribution in [1.82, 2.24) is 5.32 Å². The van der Waals surface area contributed by atoms with E-state index in [9.17, 15) is 4.79 Å². The summed E-state index contributed by atoms with van der Waals surface area (Å²) in [5, 5.41) is 3.38. The largest absolute Gasteiger partial charge is 0.460 e. The molecule has 0 heterocycles. The first kappa shape index (κ1) is 17.0. The molecule has 1 aliphatic carbocycles. The van der Waals surface area contributed by atoms with Crippen LogP contribution in [0, 0.1) is 0 Å². The van der Waals surface area contributed by atoms with Gasteiger partial charge in [-0.2, -0.15) is 0 Å². The van der Waals surface area contributed by atoms with E-state index in [4.69, 9.17) is 4.74 Å². The van der Waals surface area contributed by atoms with Crippen molar-refractivity contribution in [3.8, 4) is 0 Å². The van der Waals surface area contributed by atoms with E-state index in [2.05, 4.69) is 5.32 Å². The molecule has 0 aliphatic heterocycles. The number of ether oxygens (including phenoxy) is 1. The van der Waals surface area contributed by atoms with Crippen LogP contribution in [0.25, 0.3) is 0 Å². The van der Waals surface area contributed by atoms with E-state index in [1.165, 1.54) is 32.1 Å². The lowest BCUT2D eigenvalue weighted by Gasteiger charge is -2.25. The van der Waals surface area contributed by atoms with Gasteiger partial charge in [-0.05, 0) is 25.3 Å². The monoisotopic (exact) mass is 297 g/mol. The molecule has 20 heavy (non-hydrogen) atoms. The van der Waals surface area contributed by atoms with Gasteiger partial charge in [-0.25, -0.2) is 0 Å². The highest BCUT2D eigenvalue weighted by Gasteiger charge is 2.20. The Hall–Kier alpha value is -1.06. The molecule has 1 saturated carbocycles. The molecule has 0 aromatic heterocycles. The van der Waals surface area contributed by atoms with Crippen LogP contribution in [-0.2, 0) is 16.1 Å². The molecule has 0 unspecified atom stereocenters. The number of rotatable bonds is 5. The van der Waals surface area contributed by atoms with E-state index in [1.54, 1.807) is 0 Å². The predicted octanol–water partition coefficient (Wildman–Crippen LogP) is 3.46. The average molecular weight is 298 g/mol. The first-order valence-corrected chi connectivity index (χ1v) is 7.22. The number of nitrogens with one attached hydrogen (secondary N) is 1. The van der Waals surface area contributed by atoms with Crippen LogP contribution < -0.4 is 5.32 Å². The first-order valence-electron chi connectivity index (χ1n) is 7.22. The fraction of sp³-hybridized carbons (Fsp3) is 0.562. The van der Waals surface area contributed by atoms with Crippen LogP contribution in [0.5, 0.6) is 0 Å². The zero-order valence-electron chi connectivity index (χ0n) is 12.0. The van der Waals surface area contributed by atoms with Crippen molar-refractivity contribution in [3.05, 3.63) is 35.9 Å². The summed E-state index contributed by atoms with van der Waals surface area (Å²) in [7, 11) is 0. The molecular formula is C16H24ClNO2. The summed E-state index contributed by atoms with van der Waals surface area (Å²) in [4.78, 5) is 11.9. The highest BCUT2D eigenvalue weighted by atomic mass is 35.5. The van der Waals surface area contributed by atoms with Gasteiger partial charge in [-0.15, -0.1) is 12.4 Å². The molecule has 2 rings (SSSR count). The molecule has 0 amide bonds. The van der Waals surface area contributed by atoms with Gasteiger partial charge >= 0.3 is 5.97 Å². The van der Waals surface area contributed by atoms with Crippen molar-refractivity contribution in [1.29, 1.82) is 0 Å². The summed E-state index contributed by atoms with van der Waals surface area (Å²) in [5.41, 5.74) is 1.03.